The third-order valence-corrected chi connectivity index (χ3v) is 7.09. The highest BCUT2D eigenvalue weighted by Gasteiger charge is 2.34. The summed E-state index contributed by atoms with van der Waals surface area (Å²) in [5.74, 6) is 1.76. The number of piperidine rings is 1. The largest absolute Gasteiger partial charge is 0.439 e. The Balaban J connectivity index is 1.12. The van der Waals surface area contributed by atoms with E-state index < -0.39 is 5.76 Å². The van der Waals surface area contributed by atoms with E-state index in [-0.39, 0.29) is 6.10 Å². The summed E-state index contributed by atoms with van der Waals surface area (Å²) in [5.41, 5.74) is 2.87. The van der Waals surface area contributed by atoms with Gasteiger partial charge in [-0.3, -0.25) is 14.6 Å². The predicted octanol–water partition coefficient (Wildman–Crippen LogP) is 4.78. The first-order valence-corrected chi connectivity index (χ1v) is 12.2. The fraction of sp³-hybridized carbons (Fsp3) is 0.391. The molecule has 4 heterocycles. The monoisotopic (exact) mass is 516 g/mol. The lowest BCUT2D eigenvalue weighted by Gasteiger charge is -2.31. The van der Waals surface area contributed by atoms with E-state index in [1.165, 1.54) is 0 Å². The Hall–Kier alpha value is -3.08. The van der Waals surface area contributed by atoms with Crippen molar-refractivity contribution in [2.24, 2.45) is 0 Å². The van der Waals surface area contributed by atoms with Gasteiger partial charge in [-0.15, -0.1) is 0 Å². The first kappa shape index (κ1) is 22.4. The van der Waals surface area contributed by atoms with Crippen LogP contribution in [0.4, 0.5) is 5.82 Å². The second-order valence-corrected chi connectivity index (χ2v) is 9.64. The first-order chi connectivity index (χ1) is 17.1. The van der Waals surface area contributed by atoms with E-state index in [4.69, 9.17) is 32.5 Å². The molecule has 0 unspecified atom stereocenters. The summed E-state index contributed by atoms with van der Waals surface area (Å²) in [6.45, 7) is 1.96. The van der Waals surface area contributed by atoms with Gasteiger partial charge in [-0.1, -0.05) is 39.6 Å². The number of anilines is 1. The highest BCUT2D eigenvalue weighted by atomic mass is 35.5. The van der Waals surface area contributed by atoms with E-state index >= 15 is 0 Å². The minimum atomic E-state index is -0.605. The first-order valence-electron chi connectivity index (χ1n) is 11.5. The van der Waals surface area contributed by atoms with Crippen LogP contribution in [0.3, 0.4) is 0 Å². The van der Waals surface area contributed by atoms with Gasteiger partial charge in [-0.05, 0) is 37.8 Å². The van der Waals surface area contributed by atoms with Crippen molar-refractivity contribution in [3.05, 3.63) is 56.2 Å². The molecule has 182 valence electrons. The standard InChI is InChI=1S/C23H22Cl2N6O4/c24-15-2-1-3-16(25)19(15)20-14(21(34-29-20)12-4-5-12)11-33-13-6-8-31(9-7-13)18-10-17(27-28-18)22-26-23(32)35-30-22/h1-3,10,12-13H,4-9,11H2,(H,27,28)(H,26,30,32). The van der Waals surface area contributed by atoms with E-state index in [1.807, 2.05) is 12.1 Å². The Morgan fingerprint density at radius 2 is 1.86 bits per heavy atom. The summed E-state index contributed by atoms with van der Waals surface area (Å²) in [7, 11) is 0. The van der Waals surface area contributed by atoms with Crippen LogP contribution in [0.2, 0.25) is 10.0 Å². The van der Waals surface area contributed by atoms with Crippen molar-refractivity contribution in [2.45, 2.75) is 44.3 Å². The van der Waals surface area contributed by atoms with Crippen LogP contribution in [0, 0.1) is 0 Å². The van der Waals surface area contributed by atoms with Gasteiger partial charge >= 0.3 is 5.76 Å². The van der Waals surface area contributed by atoms with E-state index in [9.17, 15) is 4.79 Å². The molecule has 0 bridgehead atoms. The molecule has 1 aliphatic heterocycles. The molecular weight excluding hydrogens is 495 g/mol. The summed E-state index contributed by atoms with van der Waals surface area (Å²) < 4.78 is 16.6. The topological polar surface area (TPSA) is 126 Å². The number of aromatic amines is 2. The zero-order chi connectivity index (χ0) is 23.9. The Morgan fingerprint density at radius 3 is 2.54 bits per heavy atom. The van der Waals surface area contributed by atoms with E-state index in [0.29, 0.717) is 45.3 Å². The number of aromatic nitrogens is 5. The van der Waals surface area contributed by atoms with Gasteiger partial charge in [0.25, 0.3) is 0 Å². The Morgan fingerprint density at radius 1 is 1.09 bits per heavy atom. The molecule has 1 saturated carbocycles. The lowest BCUT2D eigenvalue weighted by atomic mass is 10.0. The normalized spacial score (nSPS) is 16.8. The summed E-state index contributed by atoms with van der Waals surface area (Å²) in [4.78, 5) is 15.9. The van der Waals surface area contributed by atoms with Crippen molar-refractivity contribution in [2.75, 3.05) is 18.0 Å². The van der Waals surface area contributed by atoms with Gasteiger partial charge in [0.2, 0.25) is 5.82 Å². The van der Waals surface area contributed by atoms with Crippen molar-refractivity contribution in [1.82, 2.24) is 25.5 Å². The number of nitrogens with zero attached hydrogens (tertiary/aromatic N) is 4. The van der Waals surface area contributed by atoms with Gasteiger partial charge < -0.3 is 14.2 Å². The smallest absolute Gasteiger partial charge is 0.373 e. The minimum absolute atomic E-state index is 0.0908. The molecule has 3 aromatic heterocycles. The molecule has 12 heteroatoms. The van der Waals surface area contributed by atoms with E-state index in [1.54, 1.807) is 12.1 Å². The van der Waals surface area contributed by atoms with Gasteiger partial charge in [0, 0.05) is 36.2 Å². The van der Waals surface area contributed by atoms with Crippen LogP contribution in [0.1, 0.15) is 42.9 Å². The molecule has 0 radical (unpaired) electrons. The Labute approximate surface area is 209 Å². The zero-order valence-electron chi connectivity index (χ0n) is 18.6. The third kappa shape index (κ3) is 4.49. The molecule has 2 aliphatic rings. The molecule has 4 aromatic rings. The molecule has 1 aromatic carbocycles. The van der Waals surface area contributed by atoms with Crippen LogP contribution >= 0.6 is 23.2 Å². The zero-order valence-corrected chi connectivity index (χ0v) is 20.1. The highest BCUT2D eigenvalue weighted by Crippen LogP contribution is 2.46. The van der Waals surface area contributed by atoms with Gasteiger partial charge in [0.05, 0.1) is 22.8 Å². The van der Waals surface area contributed by atoms with E-state index in [2.05, 4.69) is 34.9 Å². The second-order valence-electron chi connectivity index (χ2n) is 8.83. The maximum absolute atomic E-state index is 11.2. The fourth-order valence-corrected chi connectivity index (χ4v) is 5.02. The molecule has 2 fully saturated rings. The summed E-state index contributed by atoms with van der Waals surface area (Å²) >= 11 is 12.9. The Kier molecular flexibility index (Phi) is 5.87. The highest BCUT2D eigenvalue weighted by molar-refractivity contribution is 6.39. The van der Waals surface area contributed by atoms with Crippen LogP contribution in [0.15, 0.2) is 38.1 Å². The van der Waals surface area contributed by atoms with Crippen LogP contribution in [0.25, 0.3) is 22.8 Å². The van der Waals surface area contributed by atoms with Crippen molar-refractivity contribution in [3.63, 3.8) is 0 Å². The molecule has 0 spiro atoms. The van der Waals surface area contributed by atoms with Crippen molar-refractivity contribution < 1.29 is 13.8 Å². The summed E-state index contributed by atoms with van der Waals surface area (Å²) in [6, 6.07) is 7.26. The molecular formula is C23H22Cl2N6O4. The van der Waals surface area contributed by atoms with E-state index in [0.717, 1.165) is 55.9 Å². The predicted molar refractivity (Wildman–Crippen MR) is 129 cm³/mol. The Bertz CT molecular complexity index is 1380. The molecule has 1 saturated heterocycles. The number of rotatable bonds is 7. The number of ether oxygens (including phenoxy) is 1. The van der Waals surface area contributed by atoms with Crippen molar-refractivity contribution in [3.8, 4) is 22.8 Å². The average molecular weight is 517 g/mol. The average Bonchev–Trinajstić information content (AvgIpc) is 3.23. The van der Waals surface area contributed by atoms with Crippen LogP contribution in [0.5, 0.6) is 0 Å². The molecule has 0 amide bonds. The lowest BCUT2D eigenvalue weighted by molar-refractivity contribution is 0.0245. The molecule has 6 rings (SSSR count). The third-order valence-electron chi connectivity index (χ3n) is 6.46. The lowest BCUT2D eigenvalue weighted by Crippen LogP contribution is -2.37. The maximum atomic E-state index is 11.2. The number of hydrogen-bond acceptors (Lipinski definition) is 8. The molecule has 35 heavy (non-hydrogen) atoms. The quantitative estimate of drug-likeness (QED) is 0.359. The molecule has 10 nitrogen and oxygen atoms in total. The van der Waals surface area contributed by atoms with Crippen molar-refractivity contribution in [1.29, 1.82) is 0 Å². The molecule has 2 N–H and O–H groups in total. The number of nitrogens with one attached hydrogen (secondary N) is 2. The number of halogens is 2. The van der Waals surface area contributed by atoms with Crippen LogP contribution in [-0.4, -0.2) is 44.7 Å². The van der Waals surface area contributed by atoms with Gasteiger partial charge in [-0.25, -0.2) is 4.79 Å². The van der Waals surface area contributed by atoms with Crippen LogP contribution in [-0.2, 0) is 11.3 Å². The van der Waals surface area contributed by atoms with Gasteiger partial charge in [0.15, 0.2) is 5.82 Å². The SMILES string of the molecule is O=c1[nH]c(-c2cc(N3CCC(OCc4c(-c5c(Cl)cccc5Cl)noc4C4CC4)CC3)n[nH]2)no1. The molecule has 0 atom stereocenters. The maximum Gasteiger partial charge on any atom is 0.439 e. The second kappa shape index (κ2) is 9.18. The minimum Gasteiger partial charge on any atom is -0.373 e. The van der Waals surface area contributed by atoms with Gasteiger partial charge in [0.1, 0.15) is 17.1 Å². The fourth-order valence-electron chi connectivity index (χ4n) is 4.44. The number of H-pyrrole nitrogens is 2. The summed E-state index contributed by atoms with van der Waals surface area (Å²) in [6.07, 6.45) is 3.95. The molecule has 1 aliphatic carbocycles. The van der Waals surface area contributed by atoms with Gasteiger partial charge in [-0.2, -0.15) is 5.10 Å². The number of hydrogen-bond donors (Lipinski definition) is 2. The summed E-state index contributed by atoms with van der Waals surface area (Å²) in [5, 5.41) is 16.3. The van der Waals surface area contributed by atoms with Crippen LogP contribution < -0.4 is 10.7 Å². The van der Waals surface area contributed by atoms with Crippen molar-refractivity contribution >= 4 is 29.0 Å². The number of benzene rings is 1.